The molecule has 3 aromatic rings. The van der Waals surface area contributed by atoms with Gasteiger partial charge in [-0.25, -0.2) is 9.98 Å². The molecule has 0 aliphatic carbocycles. The van der Waals surface area contributed by atoms with Crippen LogP contribution in [-0.2, 0) is 12.0 Å². The van der Waals surface area contributed by atoms with Crippen LogP contribution in [0.5, 0.6) is 0 Å². The maximum atomic E-state index is 5.00. The topological polar surface area (TPSA) is 29.6 Å². The van der Waals surface area contributed by atoms with E-state index in [4.69, 9.17) is 9.98 Å². The smallest absolute Gasteiger partial charge is 0.191 e. The minimum atomic E-state index is 0.131. The number of hydrogen-bond donors (Lipinski definition) is 0. The third kappa shape index (κ3) is 4.79. The second-order valence-electron chi connectivity index (χ2n) is 8.17. The third-order valence-electron chi connectivity index (χ3n) is 4.77. The van der Waals surface area contributed by atoms with Gasteiger partial charge < -0.3 is 4.57 Å². The molecule has 3 nitrogen and oxygen atoms in total. The van der Waals surface area contributed by atoms with Crippen LogP contribution in [0.15, 0.2) is 58.6 Å². The van der Waals surface area contributed by atoms with E-state index in [0.29, 0.717) is 0 Å². The van der Waals surface area contributed by atoms with Gasteiger partial charge >= 0.3 is 0 Å². The molecule has 0 aliphatic rings. The summed E-state index contributed by atoms with van der Waals surface area (Å²) in [7, 11) is 0. The van der Waals surface area contributed by atoms with Crippen LogP contribution in [0, 0.1) is 0 Å². The van der Waals surface area contributed by atoms with E-state index in [2.05, 4.69) is 87.8 Å². The zero-order valence-corrected chi connectivity index (χ0v) is 18.5. The lowest BCUT2D eigenvalue weighted by Gasteiger charge is -2.14. The minimum absolute atomic E-state index is 0.131. The molecule has 0 aliphatic heterocycles. The van der Waals surface area contributed by atoms with Crippen molar-refractivity contribution >= 4 is 33.6 Å². The summed E-state index contributed by atoms with van der Waals surface area (Å²) in [6, 6.07) is 14.7. The Morgan fingerprint density at radius 3 is 2.50 bits per heavy atom. The molecule has 0 amide bonds. The molecule has 28 heavy (non-hydrogen) atoms. The molecule has 1 aromatic heterocycles. The van der Waals surface area contributed by atoms with Crippen molar-refractivity contribution in [2.75, 3.05) is 0 Å². The number of nitrogens with zero attached hydrogens (tertiary/aromatic N) is 3. The molecule has 148 valence electrons. The summed E-state index contributed by atoms with van der Waals surface area (Å²) >= 11 is 1.79. The molecule has 0 unspecified atom stereocenters. The highest BCUT2D eigenvalue weighted by molar-refractivity contribution is 7.09. The van der Waals surface area contributed by atoms with Crippen LogP contribution >= 0.6 is 11.3 Å². The second kappa shape index (κ2) is 8.87. The van der Waals surface area contributed by atoms with E-state index in [-0.39, 0.29) is 5.41 Å². The van der Waals surface area contributed by atoms with Crippen molar-refractivity contribution < 1.29 is 0 Å². The highest BCUT2D eigenvalue weighted by Gasteiger charge is 2.17. The molecule has 3 rings (SSSR count). The summed E-state index contributed by atoms with van der Waals surface area (Å²) in [6.07, 6.45) is 5.43. The fourth-order valence-corrected chi connectivity index (χ4v) is 4.14. The molecule has 0 fully saturated rings. The van der Waals surface area contributed by atoms with E-state index in [0.717, 1.165) is 35.7 Å². The fraction of sp³-hybridized carbons (Fsp3) is 0.417. The van der Waals surface area contributed by atoms with E-state index < -0.39 is 0 Å². The average molecular weight is 394 g/mol. The predicted molar refractivity (Wildman–Crippen MR) is 123 cm³/mol. The van der Waals surface area contributed by atoms with Gasteiger partial charge in [-0.3, -0.25) is 0 Å². The van der Waals surface area contributed by atoms with Crippen molar-refractivity contribution in [2.45, 2.75) is 65.8 Å². The zero-order chi connectivity index (χ0) is 20.1. The minimum Gasteiger partial charge on any atom is -0.323 e. The molecule has 0 saturated heterocycles. The Morgan fingerprint density at radius 2 is 1.79 bits per heavy atom. The lowest BCUT2D eigenvalue weighted by molar-refractivity contribution is 0.582. The van der Waals surface area contributed by atoms with Crippen LogP contribution in [0.2, 0.25) is 0 Å². The molecule has 0 saturated carbocycles. The molecule has 0 spiro atoms. The number of rotatable bonds is 5. The van der Waals surface area contributed by atoms with E-state index in [1.807, 2.05) is 0 Å². The Labute approximate surface area is 172 Å². The standard InChI is InChI=1S/C24H31N3S/c1-6-8-16-27-17-21(24(3,4)5)28-23(27)26-22(7-2)25-20-15-11-13-18-12-9-10-14-19(18)20/h9-15,17H,6-8,16H2,1-5H3. The van der Waals surface area contributed by atoms with Gasteiger partial charge in [-0.1, -0.05) is 77.4 Å². The molecule has 0 bridgehead atoms. The number of benzene rings is 2. The molecule has 1 heterocycles. The molecular weight excluding hydrogens is 362 g/mol. The van der Waals surface area contributed by atoms with Crippen LogP contribution < -0.4 is 4.80 Å². The third-order valence-corrected chi connectivity index (χ3v) is 6.21. The molecule has 0 radical (unpaired) electrons. The van der Waals surface area contributed by atoms with Crippen molar-refractivity contribution in [1.82, 2.24) is 4.57 Å². The number of aliphatic imine (C=N–C) groups is 1. The van der Waals surface area contributed by atoms with Crippen LogP contribution in [0.4, 0.5) is 5.69 Å². The predicted octanol–water partition coefficient (Wildman–Crippen LogP) is 6.84. The molecule has 4 heteroatoms. The Bertz CT molecular complexity index is 1030. The Kier molecular flexibility index (Phi) is 6.50. The molecular formula is C24H31N3S. The molecule has 2 aromatic carbocycles. The fourth-order valence-electron chi connectivity index (χ4n) is 3.04. The number of hydrogen-bond acceptors (Lipinski definition) is 2. The summed E-state index contributed by atoms with van der Waals surface area (Å²) in [6.45, 7) is 12.1. The first-order valence-corrected chi connectivity index (χ1v) is 11.0. The van der Waals surface area contributed by atoms with E-state index in [9.17, 15) is 0 Å². The summed E-state index contributed by atoms with van der Waals surface area (Å²) in [5, 5.41) is 2.38. The highest BCUT2D eigenvalue weighted by Crippen LogP contribution is 2.27. The van der Waals surface area contributed by atoms with Gasteiger partial charge in [0, 0.05) is 29.4 Å². The van der Waals surface area contributed by atoms with Gasteiger partial charge in [0.05, 0.1) is 5.69 Å². The van der Waals surface area contributed by atoms with Gasteiger partial charge in [0.15, 0.2) is 4.80 Å². The maximum Gasteiger partial charge on any atom is 0.191 e. The monoisotopic (exact) mass is 393 g/mol. The zero-order valence-electron chi connectivity index (χ0n) is 17.7. The number of aryl methyl sites for hydroxylation is 1. The van der Waals surface area contributed by atoms with Gasteiger partial charge in [-0.15, -0.1) is 11.3 Å². The molecule has 0 atom stereocenters. The number of amidine groups is 1. The Balaban J connectivity index is 2.08. The van der Waals surface area contributed by atoms with Gasteiger partial charge in [0.1, 0.15) is 5.84 Å². The van der Waals surface area contributed by atoms with Crippen LogP contribution in [-0.4, -0.2) is 10.4 Å². The van der Waals surface area contributed by atoms with Crippen molar-refractivity contribution in [1.29, 1.82) is 0 Å². The SMILES string of the molecule is CCCCn1cc(C(C)(C)C)sc1=NC(CC)=Nc1cccc2ccccc12. The number of thiazole rings is 1. The van der Waals surface area contributed by atoms with Gasteiger partial charge in [-0.2, -0.15) is 0 Å². The van der Waals surface area contributed by atoms with E-state index in [1.165, 1.54) is 22.1 Å². The van der Waals surface area contributed by atoms with Gasteiger partial charge in [0.25, 0.3) is 0 Å². The van der Waals surface area contributed by atoms with Crippen molar-refractivity contribution in [3.05, 3.63) is 58.3 Å². The quantitative estimate of drug-likeness (QED) is 0.335. The summed E-state index contributed by atoms with van der Waals surface area (Å²) in [5.41, 5.74) is 1.12. The van der Waals surface area contributed by atoms with Crippen molar-refractivity contribution in [2.24, 2.45) is 9.98 Å². The van der Waals surface area contributed by atoms with E-state index >= 15 is 0 Å². The summed E-state index contributed by atoms with van der Waals surface area (Å²) < 4.78 is 2.31. The number of fused-ring (bicyclic) bond motifs is 1. The Morgan fingerprint density at radius 1 is 1.04 bits per heavy atom. The highest BCUT2D eigenvalue weighted by atomic mass is 32.1. The van der Waals surface area contributed by atoms with Crippen molar-refractivity contribution in [3.63, 3.8) is 0 Å². The lowest BCUT2D eigenvalue weighted by Crippen LogP contribution is -2.16. The average Bonchev–Trinajstić information content (AvgIpc) is 3.09. The number of aromatic nitrogens is 1. The first kappa shape index (κ1) is 20.5. The number of unbranched alkanes of at least 4 members (excludes halogenated alkanes) is 1. The first-order chi connectivity index (χ1) is 13.4. The lowest BCUT2D eigenvalue weighted by atomic mass is 9.95. The van der Waals surface area contributed by atoms with Crippen LogP contribution in [0.1, 0.15) is 58.8 Å². The Hall–Kier alpha value is -2.20. The van der Waals surface area contributed by atoms with Gasteiger partial charge in [-0.05, 0) is 23.3 Å². The normalized spacial score (nSPS) is 13.5. The maximum absolute atomic E-state index is 5.00. The van der Waals surface area contributed by atoms with Gasteiger partial charge in [0.2, 0.25) is 0 Å². The molecule has 0 N–H and O–H groups in total. The summed E-state index contributed by atoms with van der Waals surface area (Å²) in [4.78, 5) is 12.4. The van der Waals surface area contributed by atoms with Crippen molar-refractivity contribution in [3.8, 4) is 0 Å². The van der Waals surface area contributed by atoms with Crippen LogP contribution in [0.3, 0.4) is 0 Å². The van der Waals surface area contributed by atoms with Crippen LogP contribution in [0.25, 0.3) is 10.8 Å². The second-order valence-corrected chi connectivity index (χ2v) is 9.18. The van der Waals surface area contributed by atoms with E-state index in [1.54, 1.807) is 11.3 Å². The summed E-state index contributed by atoms with van der Waals surface area (Å²) in [5.74, 6) is 0.879. The first-order valence-electron chi connectivity index (χ1n) is 10.2. The largest absolute Gasteiger partial charge is 0.323 e.